The van der Waals surface area contributed by atoms with Crippen LogP contribution in [0.5, 0.6) is 0 Å². The molecule has 1 atom stereocenters. The molecule has 0 aromatic rings. The first-order chi connectivity index (χ1) is 5.74. The van der Waals surface area contributed by atoms with Gasteiger partial charge in [-0.3, -0.25) is 4.79 Å². The third-order valence-electron chi connectivity index (χ3n) is 1.87. The quantitative estimate of drug-likeness (QED) is 0.577. The molecule has 0 spiro atoms. The van der Waals surface area contributed by atoms with Crippen LogP contribution in [0.2, 0.25) is 0 Å². The van der Waals surface area contributed by atoms with Gasteiger partial charge < -0.3 is 10.2 Å². The minimum atomic E-state index is 0.258. The Morgan fingerprint density at radius 2 is 2.17 bits per heavy atom. The van der Waals surface area contributed by atoms with Gasteiger partial charge in [-0.2, -0.15) is 0 Å². The fraction of sp³-hybridized carbons (Fsp3) is 0.889. The topological polar surface area (TPSA) is 32.3 Å². The second-order valence-electron chi connectivity index (χ2n) is 3.08. The molecule has 0 aliphatic heterocycles. The van der Waals surface area contributed by atoms with Crippen LogP contribution in [-0.4, -0.2) is 37.0 Å². The Balaban J connectivity index is 3.60. The van der Waals surface area contributed by atoms with Gasteiger partial charge in [0.05, 0.1) is 0 Å². The van der Waals surface area contributed by atoms with Crippen molar-refractivity contribution in [1.82, 2.24) is 10.2 Å². The predicted molar refractivity (Wildman–Crippen MR) is 51.1 cm³/mol. The fourth-order valence-electron chi connectivity index (χ4n) is 1.25. The second kappa shape index (κ2) is 7.10. The van der Waals surface area contributed by atoms with Gasteiger partial charge in [0.25, 0.3) is 0 Å². The third-order valence-corrected chi connectivity index (χ3v) is 1.87. The summed E-state index contributed by atoms with van der Waals surface area (Å²) in [4.78, 5) is 12.4. The molecular weight excluding hydrogens is 152 g/mol. The zero-order valence-corrected chi connectivity index (χ0v) is 8.34. The average Bonchev–Trinajstić information content (AvgIpc) is 2.04. The van der Waals surface area contributed by atoms with Crippen molar-refractivity contribution in [2.45, 2.75) is 33.2 Å². The summed E-state index contributed by atoms with van der Waals surface area (Å²) in [6.07, 6.45) is 1.94. The van der Waals surface area contributed by atoms with E-state index in [4.69, 9.17) is 0 Å². The normalized spacial score (nSPS) is 13.0. The van der Waals surface area contributed by atoms with Crippen molar-refractivity contribution in [2.24, 2.45) is 0 Å². The van der Waals surface area contributed by atoms with E-state index in [1.54, 1.807) is 0 Å². The molecule has 0 aliphatic carbocycles. The summed E-state index contributed by atoms with van der Waals surface area (Å²) in [6, 6.07) is 0.258. The molecular formula is C9H20N2O. The molecule has 3 nitrogen and oxygen atoms in total. The van der Waals surface area contributed by atoms with Gasteiger partial charge in [0.2, 0.25) is 6.41 Å². The summed E-state index contributed by atoms with van der Waals surface area (Å²) in [7, 11) is 0. The Bertz CT molecular complexity index is 117. The molecule has 0 aromatic carbocycles. The largest absolute Gasteiger partial charge is 0.355 e. The van der Waals surface area contributed by atoms with Gasteiger partial charge in [0, 0.05) is 12.6 Å². The number of carbonyl (C=O) groups is 1. The number of nitrogens with zero attached hydrogens (tertiary/aromatic N) is 1. The predicted octanol–water partition coefficient (Wildman–Crippen LogP) is 0.853. The number of likely N-dealkylation sites (N-methyl/N-ethyl adjacent to an activating group) is 1. The Labute approximate surface area is 75.1 Å². The number of hydrogen-bond donors (Lipinski definition) is 1. The van der Waals surface area contributed by atoms with Crippen LogP contribution in [0.3, 0.4) is 0 Å². The summed E-state index contributed by atoms with van der Waals surface area (Å²) in [5, 5.41) is 2.75. The van der Waals surface area contributed by atoms with E-state index in [2.05, 4.69) is 24.1 Å². The van der Waals surface area contributed by atoms with Crippen LogP contribution in [0.25, 0.3) is 0 Å². The lowest BCUT2D eigenvalue weighted by Crippen LogP contribution is -2.38. The Kier molecular flexibility index (Phi) is 6.76. The Morgan fingerprint density at radius 1 is 1.50 bits per heavy atom. The Hall–Kier alpha value is -0.570. The van der Waals surface area contributed by atoms with E-state index in [-0.39, 0.29) is 6.04 Å². The first-order valence-electron chi connectivity index (χ1n) is 4.66. The molecule has 0 heterocycles. The lowest BCUT2D eigenvalue weighted by Gasteiger charge is -2.23. The highest BCUT2D eigenvalue weighted by atomic mass is 16.1. The van der Waals surface area contributed by atoms with E-state index in [1.807, 2.05) is 6.92 Å². The van der Waals surface area contributed by atoms with Gasteiger partial charge in [-0.25, -0.2) is 0 Å². The Morgan fingerprint density at radius 3 is 2.58 bits per heavy atom. The van der Waals surface area contributed by atoms with Crippen LogP contribution >= 0.6 is 0 Å². The van der Waals surface area contributed by atoms with Crippen molar-refractivity contribution in [1.29, 1.82) is 0 Å². The number of carbonyl (C=O) groups excluding carboxylic acids is 1. The maximum Gasteiger partial charge on any atom is 0.207 e. The van der Waals surface area contributed by atoms with E-state index < -0.39 is 0 Å². The number of amides is 1. The summed E-state index contributed by atoms with van der Waals surface area (Å²) in [5.41, 5.74) is 0. The third kappa shape index (κ3) is 5.13. The smallest absolute Gasteiger partial charge is 0.207 e. The minimum absolute atomic E-state index is 0.258. The van der Waals surface area contributed by atoms with Crippen LogP contribution in [0.15, 0.2) is 0 Å². The average molecular weight is 172 g/mol. The van der Waals surface area contributed by atoms with E-state index in [9.17, 15) is 4.79 Å². The van der Waals surface area contributed by atoms with Crippen molar-refractivity contribution in [3.05, 3.63) is 0 Å². The molecule has 0 rings (SSSR count). The molecule has 72 valence electrons. The van der Waals surface area contributed by atoms with Crippen LogP contribution in [-0.2, 0) is 4.79 Å². The molecule has 0 saturated carbocycles. The van der Waals surface area contributed by atoms with Crippen molar-refractivity contribution < 1.29 is 4.79 Å². The van der Waals surface area contributed by atoms with E-state index in [1.165, 1.54) is 6.42 Å². The lowest BCUT2D eigenvalue weighted by molar-refractivity contribution is -0.110. The fourth-order valence-corrected chi connectivity index (χ4v) is 1.25. The molecule has 0 aromatic heterocycles. The van der Waals surface area contributed by atoms with Crippen LogP contribution in [0.4, 0.5) is 0 Å². The summed E-state index contributed by atoms with van der Waals surface area (Å²) in [5.74, 6) is 0. The van der Waals surface area contributed by atoms with E-state index >= 15 is 0 Å². The zero-order chi connectivity index (χ0) is 9.40. The van der Waals surface area contributed by atoms with Gasteiger partial charge in [0.15, 0.2) is 0 Å². The highest BCUT2D eigenvalue weighted by Crippen LogP contribution is 1.93. The SMILES string of the molecule is CCCN(CC)CC(C)NC=O. The van der Waals surface area contributed by atoms with Crippen molar-refractivity contribution in [3.8, 4) is 0 Å². The maximum atomic E-state index is 10.1. The van der Waals surface area contributed by atoms with Gasteiger partial charge in [0.1, 0.15) is 0 Å². The maximum absolute atomic E-state index is 10.1. The van der Waals surface area contributed by atoms with Gasteiger partial charge in [-0.1, -0.05) is 13.8 Å². The van der Waals surface area contributed by atoms with Crippen molar-refractivity contribution in [2.75, 3.05) is 19.6 Å². The van der Waals surface area contributed by atoms with Gasteiger partial charge >= 0.3 is 0 Å². The van der Waals surface area contributed by atoms with E-state index in [0.717, 1.165) is 26.0 Å². The monoisotopic (exact) mass is 172 g/mol. The number of hydrogen-bond acceptors (Lipinski definition) is 2. The summed E-state index contributed by atoms with van der Waals surface area (Å²) >= 11 is 0. The highest BCUT2D eigenvalue weighted by molar-refractivity contribution is 5.46. The molecule has 1 N–H and O–H groups in total. The summed E-state index contributed by atoms with van der Waals surface area (Å²) in [6.45, 7) is 9.44. The lowest BCUT2D eigenvalue weighted by atomic mass is 10.3. The van der Waals surface area contributed by atoms with Crippen LogP contribution in [0.1, 0.15) is 27.2 Å². The minimum Gasteiger partial charge on any atom is -0.355 e. The molecule has 12 heavy (non-hydrogen) atoms. The standard InChI is InChI=1S/C9H20N2O/c1-4-6-11(5-2)7-9(3)10-8-12/h8-9H,4-7H2,1-3H3,(H,10,12). The van der Waals surface area contributed by atoms with Crippen molar-refractivity contribution >= 4 is 6.41 Å². The first-order valence-corrected chi connectivity index (χ1v) is 4.66. The number of nitrogens with one attached hydrogen (secondary N) is 1. The van der Waals surface area contributed by atoms with Gasteiger partial charge in [-0.05, 0) is 26.4 Å². The molecule has 1 amide bonds. The molecule has 0 saturated heterocycles. The van der Waals surface area contributed by atoms with E-state index in [0.29, 0.717) is 0 Å². The first kappa shape index (κ1) is 11.4. The molecule has 0 fully saturated rings. The molecule has 0 radical (unpaired) electrons. The van der Waals surface area contributed by atoms with Crippen LogP contribution in [0, 0.1) is 0 Å². The zero-order valence-electron chi connectivity index (χ0n) is 8.34. The van der Waals surface area contributed by atoms with Crippen molar-refractivity contribution in [3.63, 3.8) is 0 Å². The van der Waals surface area contributed by atoms with Gasteiger partial charge in [-0.15, -0.1) is 0 Å². The van der Waals surface area contributed by atoms with Crippen LogP contribution < -0.4 is 5.32 Å². The number of rotatable bonds is 7. The summed E-state index contributed by atoms with van der Waals surface area (Å²) < 4.78 is 0. The second-order valence-corrected chi connectivity index (χ2v) is 3.08. The highest BCUT2D eigenvalue weighted by Gasteiger charge is 2.05. The molecule has 1 unspecified atom stereocenters. The molecule has 0 aliphatic rings. The molecule has 3 heteroatoms. The molecule has 0 bridgehead atoms.